The van der Waals surface area contributed by atoms with Crippen molar-refractivity contribution >= 4 is 5.97 Å². The summed E-state index contributed by atoms with van der Waals surface area (Å²) in [6, 6.07) is 29.1. The van der Waals surface area contributed by atoms with Crippen LogP contribution in [0.15, 0.2) is 91.0 Å². The van der Waals surface area contributed by atoms with Gasteiger partial charge >= 0.3 is 5.97 Å². The third-order valence-corrected chi connectivity index (χ3v) is 7.29. The van der Waals surface area contributed by atoms with E-state index in [1.54, 1.807) is 24.3 Å². The molecule has 0 aromatic heterocycles. The summed E-state index contributed by atoms with van der Waals surface area (Å²) in [5.74, 6) is 0.876. The molecule has 4 nitrogen and oxygen atoms in total. The molecule has 2 fully saturated rings. The molecule has 1 aliphatic carbocycles. The molecule has 5 rings (SSSR count). The fourth-order valence-corrected chi connectivity index (χ4v) is 5.43. The van der Waals surface area contributed by atoms with Crippen molar-refractivity contribution in [3.05, 3.63) is 108 Å². The fourth-order valence-electron chi connectivity index (χ4n) is 5.43. The predicted octanol–water partition coefficient (Wildman–Crippen LogP) is 4.23. The Morgan fingerprint density at radius 2 is 1.47 bits per heavy atom. The summed E-state index contributed by atoms with van der Waals surface area (Å²) in [5.41, 5.74) is 0.570. The maximum absolute atomic E-state index is 13.2. The van der Waals surface area contributed by atoms with Gasteiger partial charge in [-0.25, -0.2) is 4.79 Å². The number of aliphatic hydroxyl groups is 1. The molecule has 4 heteroatoms. The summed E-state index contributed by atoms with van der Waals surface area (Å²) in [7, 11) is 0. The summed E-state index contributed by atoms with van der Waals surface area (Å²) in [6.07, 6.45) is 0. The highest BCUT2D eigenvalue weighted by molar-refractivity contribution is 5.85. The molecule has 0 amide bonds. The molecule has 1 saturated carbocycles. The van der Waals surface area contributed by atoms with E-state index in [1.165, 1.54) is 5.56 Å². The van der Waals surface area contributed by atoms with Crippen molar-refractivity contribution in [2.24, 2.45) is 17.8 Å². The highest BCUT2D eigenvalue weighted by Crippen LogP contribution is 2.55. The van der Waals surface area contributed by atoms with E-state index in [9.17, 15) is 9.90 Å². The van der Waals surface area contributed by atoms with Crippen LogP contribution in [0.5, 0.6) is 0 Å². The normalized spacial score (nSPS) is 24.7. The van der Waals surface area contributed by atoms with Gasteiger partial charge in [0.25, 0.3) is 0 Å². The summed E-state index contributed by atoms with van der Waals surface area (Å²) < 4.78 is 5.77. The Balaban J connectivity index is 1.24. The maximum atomic E-state index is 13.2. The molecule has 1 N–H and O–H groups in total. The van der Waals surface area contributed by atoms with Crippen molar-refractivity contribution in [2.75, 3.05) is 13.2 Å². The van der Waals surface area contributed by atoms with Gasteiger partial charge in [0, 0.05) is 25.0 Å². The average molecular weight is 428 g/mol. The summed E-state index contributed by atoms with van der Waals surface area (Å²) in [5, 5.41) is 11.5. The first-order valence-electron chi connectivity index (χ1n) is 11.4. The van der Waals surface area contributed by atoms with E-state index in [0.717, 1.165) is 13.1 Å². The minimum Gasteiger partial charge on any atom is -0.463 e. The molecule has 2 aliphatic rings. The van der Waals surface area contributed by atoms with E-state index in [2.05, 4.69) is 36.1 Å². The first-order valence-corrected chi connectivity index (χ1v) is 11.4. The fraction of sp³-hybridized carbons (Fsp3) is 0.321. The van der Waals surface area contributed by atoms with Crippen molar-refractivity contribution in [3.63, 3.8) is 0 Å². The number of carbonyl (C=O) groups excluding carboxylic acids is 1. The van der Waals surface area contributed by atoms with Gasteiger partial charge in [0.05, 0.1) is 6.61 Å². The van der Waals surface area contributed by atoms with Crippen LogP contribution in [0.25, 0.3) is 0 Å². The third kappa shape index (κ3) is 3.74. The predicted molar refractivity (Wildman–Crippen MR) is 124 cm³/mol. The number of piperidine rings is 1. The maximum Gasteiger partial charge on any atom is 0.347 e. The number of rotatable bonds is 7. The van der Waals surface area contributed by atoms with Crippen molar-refractivity contribution in [1.29, 1.82) is 0 Å². The molecule has 4 atom stereocenters. The van der Waals surface area contributed by atoms with Gasteiger partial charge in [0.1, 0.15) is 0 Å². The lowest BCUT2D eigenvalue weighted by Crippen LogP contribution is -2.39. The van der Waals surface area contributed by atoms with Crippen LogP contribution in [0, 0.1) is 17.8 Å². The van der Waals surface area contributed by atoms with Gasteiger partial charge in [0.2, 0.25) is 5.60 Å². The van der Waals surface area contributed by atoms with Gasteiger partial charge in [-0.15, -0.1) is 0 Å². The Hall–Kier alpha value is -2.95. The zero-order valence-electron chi connectivity index (χ0n) is 18.3. The number of hydrogen-bond acceptors (Lipinski definition) is 4. The number of nitrogens with zero attached hydrogens (tertiary/aromatic N) is 1. The van der Waals surface area contributed by atoms with Crippen LogP contribution >= 0.6 is 0 Å². The molecule has 1 heterocycles. The van der Waals surface area contributed by atoms with E-state index in [0.29, 0.717) is 41.5 Å². The summed E-state index contributed by atoms with van der Waals surface area (Å²) in [6.45, 7) is 4.63. The number of ether oxygens (including phenoxy) is 1. The van der Waals surface area contributed by atoms with Gasteiger partial charge in [-0.1, -0.05) is 91.0 Å². The largest absolute Gasteiger partial charge is 0.463 e. The molecule has 0 bridgehead atoms. The zero-order valence-corrected chi connectivity index (χ0v) is 18.3. The van der Waals surface area contributed by atoms with Crippen LogP contribution in [-0.2, 0) is 21.7 Å². The molecule has 3 aromatic rings. The van der Waals surface area contributed by atoms with E-state index < -0.39 is 11.6 Å². The second kappa shape index (κ2) is 8.53. The van der Waals surface area contributed by atoms with Crippen LogP contribution in [0.3, 0.4) is 0 Å². The van der Waals surface area contributed by atoms with Crippen molar-refractivity contribution in [2.45, 2.75) is 25.1 Å². The standard InChI is InChI=1S/C28H29NO3/c1-20-26-24(18-29(20)17-21-11-5-2-6-12-21)25(26)19-32-27(30)28(31,22-13-7-3-8-14-22)23-15-9-4-10-16-23/h2-16,20,24-26,31H,17-19H2,1H3. The lowest BCUT2D eigenvalue weighted by Gasteiger charge is -2.28. The smallest absolute Gasteiger partial charge is 0.347 e. The van der Waals surface area contributed by atoms with Gasteiger partial charge < -0.3 is 9.84 Å². The Kier molecular flexibility index (Phi) is 5.58. The topological polar surface area (TPSA) is 49.8 Å². The number of esters is 1. The van der Waals surface area contributed by atoms with Crippen LogP contribution in [0.1, 0.15) is 23.6 Å². The van der Waals surface area contributed by atoms with Crippen molar-refractivity contribution in [3.8, 4) is 0 Å². The van der Waals surface area contributed by atoms with Crippen LogP contribution in [0.4, 0.5) is 0 Å². The first-order chi connectivity index (χ1) is 15.6. The molecule has 32 heavy (non-hydrogen) atoms. The van der Waals surface area contributed by atoms with E-state index in [4.69, 9.17) is 4.74 Å². The lowest BCUT2D eigenvalue weighted by atomic mass is 9.86. The number of fused-ring (bicyclic) bond motifs is 1. The summed E-state index contributed by atoms with van der Waals surface area (Å²) >= 11 is 0. The molecule has 164 valence electrons. The molecule has 4 unspecified atom stereocenters. The number of hydrogen-bond donors (Lipinski definition) is 1. The number of carbonyl (C=O) groups is 1. The SMILES string of the molecule is CC1C2C(COC(=O)C(O)(c3ccccc3)c3ccccc3)C2CN1Cc1ccccc1. The third-order valence-electron chi connectivity index (χ3n) is 7.29. The van der Waals surface area contributed by atoms with Gasteiger partial charge in [-0.2, -0.15) is 0 Å². The number of benzene rings is 3. The zero-order chi connectivity index (χ0) is 22.1. The first kappa shape index (κ1) is 20.9. The average Bonchev–Trinajstić information content (AvgIpc) is 3.44. The molecule has 1 saturated heterocycles. The monoisotopic (exact) mass is 427 g/mol. The quantitative estimate of drug-likeness (QED) is 0.573. The van der Waals surface area contributed by atoms with Gasteiger partial charge in [-0.05, 0) is 35.4 Å². The molecule has 1 aliphatic heterocycles. The Bertz CT molecular complexity index is 1010. The Labute approximate surface area is 189 Å². The lowest BCUT2D eigenvalue weighted by molar-refractivity contribution is -0.163. The van der Waals surface area contributed by atoms with E-state index >= 15 is 0 Å². The van der Waals surface area contributed by atoms with Crippen LogP contribution < -0.4 is 0 Å². The minimum absolute atomic E-state index is 0.361. The second-order valence-corrected chi connectivity index (χ2v) is 9.10. The number of likely N-dealkylation sites (tertiary alicyclic amines) is 1. The second-order valence-electron chi connectivity index (χ2n) is 9.10. The molecule has 0 spiro atoms. The molecule has 3 aromatic carbocycles. The molecular formula is C28H29NO3. The van der Waals surface area contributed by atoms with Crippen molar-refractivity contribution in [1.82, 2.24) is 4.90 Å². The Morgan fingerprint density at radius 1 is 0.938 bits per heavy atom. The van der Waals surface area contributed by atoms with Gasteiger partial charge in [0.15, 0.2) is 0 Å². The van der Waals surface area contributed by atoms with Crippen LogP contribution in [0.2, 0.25) is 0 Å². The minimum atomic E-state index is -1.81. The molecule has 0 radical (unpaired) electrons. The van der Waals surface area contributed by atoms with Crippen molar-refractivity contribution < 1.29 is 14.6 Å². The molecular weight excluding hydrogens is 398 g/mol. The van der Waals surface area contributed by atoms with Crippen LogP contribution in [-0.4, -0.2) is 35.2 Å². The highest BCUT2D eigenvalue weighted by Gasteiger charge is 2.60. The van der Waals surface area contributed by atoms with E-state index in [-0.39, 0.29) is 0 Å². The van der Waals surface area contributed by atoms with Gasteiger partial charge in [-0.3, -0.25) is 4.90 Å². The summed E-state index contributed by atoms with van der Waals surface area (Å²) in [4.78, 5) is 15.7. The Morgan fingerprint density at radius 3 is 1.97 bits per heavy atom. The van der Waals surface area contributed by atoms with E-state index in [1.807, 2.05) is 42.5 Å². The highest BCUT2D eigenvalue weighted by atomic mass is 16.5.